The average molecular weight is 463 g/mol. The van der Waals surface area contributed by atoms with E-state index in [1.807, 2.05) is 0 Å². The second kappa shape index (κ2) is 8.13. The topological polar surface area (TPSA) is 139 Å². The van der Waals surface area contributed by atoms with Crippen LogP contribution in [0.25, 0.3) is 10.2 Å². The van der Waals surface area contributed by atoms with Crippen LogP contribution in [-0.4, -0.2) is 44.7 Å². The van der Waals surface area contributed by atoms with E-state index in [1.165, 1.54) is 29.9 Å². The van der Waals surface area contributed by atoms with E-state index in [4.69, 9.17) is 19.3 Å². The van der Waals surface area contributed by atoms with Gasteiger partial charge in [0.2, 0.25) is 16.1 Å². The van der Waals surface area contributed by atoms with Crippen molar-refractivity contribution in [1.82, 2.24) is 4.57 Å². The Morgan fingerprint density at radius 1 is 1.26 bits per heavy atom. The van der Waals surface area contributed by atoms with Gasteiger partial charge < -0.3 is 18.8 Å². The molecule has 0 saturated heterocycles. The van der Waals surface area contributed by atoms with Gasteiger partial charge in [-0.3, -0.25) is 9.59 Å². The molecule has 1 unspecified atom stereocenters. The number of esters is 1. The van der Waals surface area contributed by atoms with E-state index < -0.39 is 28.0 Å². The van der Waals surface area contributed by atoms with Crippen LogP contribution in [0.5, 0.6) is 11.5 Å². The van der Waals surface area contributed by atoms with Crippen LogP contribution >= 0.6 is 11.3 Å². The second-order valence-electron chi connectivity index (χ2n) is 6.54. The van der Waals surface area contributed by atoms with Crippen molar-refractivity contribution in [2.24, 2.45) is 10.1 Å². The summed E-state index contributed by atoms with van der Waals surface area (Å²) >= 11 is 1.04. The minimum absolute atomic E-state index is 0.0171. The first-order chi connectivity index (χ1) is 14.8. The summed E-state index contributed by atoms with van der Waals surface area (Å²) in [4.78, 5) is 28.9. The van der Waals surface area contributed by atoms with Crippen LogP contribution in [0.2, 0.25) is 0 Å². The molecule has 2 heterocycles. The van der Waals surface area contributed by atoms with Gasteiger partial charge in [-0.05, 0) is 30.3 Å². The zero-order valence-corrected chi connectivity index (χ0v) is 17.8. The lowest BCUT2D eigenvalue weighted by molar-refractivity contribution is -0.141. The highest BCUT2D eigenvalue weighted by Gasteiger charge is 2.27. The fourth-order valence-corrected chi connectivity index (χ4v) is 4.66. The molecule has 0 bridgehead atoms. The predicted molar refractivity (Wildman–Crippen MR) is 110 cm³/mol. The number of sulfonamides is 1. The third kappa shape index (κ3) is 4.31. The quantitative estimate of drug-likeness (QED) is 0.564. The number of carbonyl (C=O) groups excluding carboxylic acids is 2. The number of thiazole rings is 1. The number of para-hydroxylation sites is 2. The summed E-state index contributed by atoms with van der Waals surface area (Å²) in [6.07, 6.45) is -0.966. The summed E-state index contributed by atoms with van der Waals surface area (Å²) in [5, 5.41) is 5.20. The van der Waals surface area contributed by atoms with Gasteiger partial charge in [0.05, 0.1) is 22.2 Å². The molecule has 1 aromatic heterocycles. The van der Waals surface area contributed by atoms with Crippen LogP contribution in [0, 0.1) is 0 Å². The number of benzene rings is 2. The minimum Gasteiger partial charge on any atom is -0.485 e. The van der Waals surface area contributed by atoms with Gasteiger partial charge in [-0.25, -0.2) is 13.6 Å². The van der Waals surface area contributed by atoms with E-state index in [9.17, 15) is 18.0 Å². The van der Waals surface area contributed by atoms with Gasteiger partial charge in [0, 0.05) is 0 Å². The van der Waals surface area contributed by atoms with Gasteiger partial charge >= 0.3 is 5.97 Å². The Bertz CT molecular complexity index is 1360. The molecule has 1 amide bonds. The Kier molecular flexibility index (Phi) is 5.52. The molecule has 2 N–H and O–H groups in total. The van der Waals surface area contributed by atoms with Crippen molar-refractivity contribution in [3.8, 4) is 11.5 Å². The molecule has 0 saturated carbocycles. The molecule has 0 fully saturated rings. The fourth-order valence-electron chi connectivity index (χ4n) is 2.97. The maximum absolute atomic E-state index is 12.8. The predicted octanol–water partition coefficient (Wildman–Crippen LogP) is 0.791. The Hall–Kier alpha value is -3.22. The van der Waals surface area contributed by atoms with Crippen molar-refractivity contribution in [1.29, 1.82) is 0 Å². The van der Waals surface area contributed by atoms with E-state index in [0.29, 0.717) is 21.7 Å². The number of primary sulfonamides is 1. The number of nitrogens with zero attached hydrogens (tertiary/aromatic N) is 2. The van der Waals surface area contributed by atoms with Crippen LogP contribution in [0.1, 0.15) is 0 Å². The number of methoxy groups -OCH3 is 1. The molecule has 0 aliphatic carbocycles. The number of fused-ring (bicyclic) bond motifs is 2. The van der Waals surface area contributed by atoms with Crippen LogP contribution in [0.4, 0.5) is 0 Å². The second-order valence-corrected chi connectivity index (χ2v) is 9.11. The number of aromatic nitrogens is 1. The lowest BCUT2D eigenvalue weighted by Gasteiger charge is -2.23. The third-order valence-corrected chi connectivity index (χ3v) is 6.44. The van der Waals surface area contributed by atoms with E-state index in [1.54, 1.807) is 24.3 Å². The van der Waals surface area contributed by atoms with Crippen molar-refractivity contribution < 1.29 is 32.2 Å². The lowest BCUT2D eigenvalue weighted by Crippen LogP contribution is -2.37. The standard InChI is InChI=1S/C19H17N3O7S2/c1-27-17(23)9-22-12-7-6-11(31(20,25)26)8-16(12)30-19(22)21-18(24)15-10-28-13-4-2-3-5-14(13)29-15/h2-8,15H,9-10H2,1H3,(H2,20,25,26). The van der Waals surface area contributed by atoms with Crippen molar-refractivity contribution in [3.05, 3.63) is 47.3 Å². The maximum Gasteiger partial charge on any atom is 0.325 e. The van der Waals surface area contributed by atoms with Crippen LogP contribution in [0.3, 0.4) is 0 Å². The molecule has 3 aromatic rings. The van der Waals surface area contributed by atoms with Crippen molar-refractivity contribution in [2.75, 3.05) is 13.7 Å². The summed E-state index contributed by atoms with van der Waals surface area (Å²) in [7, 11) is -2.68. The number of nitrogens with two attached hydrogens (primary N) is 1. The van der Waals surface area contributed by atoms with Gasteiger partial charge in [-0.2, -0.15) is 4.99 Å². The Labute approximate surface area is 180 Å². The number of hydrogen-bond donors (Lipinski definition) is 1. The van der Waals surface area contributed by atoms with Crippen molar-refractivity contribution in [3.63, 3.8) is 0 Å². The summed E-state index contributed by atoms with van der Waals surface area (Å²) in [5.74, 6) is -0.204. The van der Waals surface area contributed by atoms with Crippen molar-refractivity contribution >= 4 is 43.5 Å². The summed E-state index contributed by atoms with van der Waals surface area (Å²) in [5.41, 5.74) is 0.500. The highest BCUT2D eigenvalue weighted by Crippen LogP contribution is 2.31. The van der Waals surface area contributed by atoms with E-state index in [0.717, 1.165) is 11.3 Å². The van der Waals surface area contributed by atoms with E-state index in [2.05, 4.69) is 4.99 Å². The Morgan fingerprint density at radius 2 is 2.00 bits per heavy atom. The molecule has 1 aliphatic rings. The molecule has 0 radical (unpaired) electrons. The average Bonchev–Trinajstić information content (AvgIpc) is 3.08. The Balaban J connectivity index is 1.76. The number of hydrogen-bond acceptors (Lipinski definition) is 8. The van der Waals surface area contributed by atoms with Gasteiger partial charge in [-0.15, -0.1) is 0 Å². The highest BCUT2D eigenvalue weighted by molar-refractivity contribution is 7.89. The SMILES string of the molecule is COC(=O)Cn1c(=NC(=O)C2COc3ccccc3O2)sc2cc(S(N)(=O)=O)ccc21. The largest absolute Gasteiger partial charge is 0.485 e. The normalized spacial score (nSPS) is 16.3. The van der Waals surface area contributed by atoms with Crippen LogP contribution in [0.15, 0.2) is 52.4 Å². The molecular weight excluding hydrogens is 446 g/mol. The first-order valence-corrected chi connectivity index (χ1v) is 11.3. The molecular formula is C19H17N3O7S2. The van der Waals surface area contributed by atoms with Gasteiger partial charge in [0.15, 0.2) is 16.3 Å². The first-order valence-electron chi connectivity index (χ1n) is 8.96. The van der Waals surface area contributed by atoms with Crippen molar-refractivity contribution in [2.45, 2.75) is 17.5 Å². The Morgan fingerprint density at radius 3 is 2.71 bits per heavy atom. The van der Waals surface area contributed by atoms with Gasteiger partial charge in [-0.1, -0.05) is 23.5 Å². The minimum atomic E-state index is -3.92. The molecule has 4 rings (SSSR count). The maximum atomic E-state index is 12.8. The number of amides is 1. The molecule has 0 spiro atoms. The molecule has 162 valence electrons. The number of ether oxygens (including phenoxy) is 3. The molecule has 10 nitrogen and oxygen atoms in total. The fraction of sp³-hybridized carbons (Fsp3) is 0.211. The molecule has 12 heteroatoms. The van der Waals surface area contributed by atoms with E-state index >= 15 is 0 Å². The lowest BCUT2D eigenvalue weighted by atomic mass is 10.2. The molecule has 1 aliphatic heterocycles. The van der Waals surface area contributed by atoms with E-state index in [-0.39, 0.29) is 22.8 Å². The summed E-state index contributed by atoms with van der Waals surface area (Å²) < 4.78 is 41.3. The monoisotopic (exact) mass is 463 g/mol. The third-order valence-electron chi connectivity index (χ3n) is 4.49. The summed E-state index contributed by atoms with van der Waals surface area (Å²) in [6, 6.07) is 11.1. The molecule has 2 aromatic carbocycles. The number of rotatable bonds is 4. The zero-order chi connectivity index (χ0) is 22.2. The van der Waals surface area contributed by atoms with Crippen LogP contribution < -0.4 is 19.4 Å². The molecule has 31 heavy (non-hydrogen) atoms. The van der Waals surface area contributed by atoms with Crippen LogP contribution in [-0.2, 0) is 30.9 Å². The summed E-state index contributed by atoms with van der Waals surface area (Å²) in [6.45, 7) is -0.237. The highest BCUT2D eigenvalue weighted by atomic mass is 32.2. The van der Waals surface area contributed by atoms with Gasteiger partial charge in [0.1, 0.15) is 13.2 Å². The zero-order valence-electron chi connectivity index (χ0n) is 16.2. The number of carbonyl (C=O) groups is 2. The first kappa shape index (κ1) is 21.0. The smallest absolute Gasteiger partial charge is 0.325 e. The molecule has 1 atom stereocenters. The van der Waals surface area contributed by atoms with Gasteiger partial charge in [0.25, 0.3) is 5.91 Å².